The zero-order valence-electron chi connectivity index (χ0n) is 13.1. The van der Waals surface area contributed by atoms with Gasteiger partial charge in [0.05, 0.1) is 7.11 Å². The van der Waals surface area contributed by atoms with E-state index in [0.717, 1.165) is 38.3 Å². The molecule has 2 N–H and O–H groups in total. The van der Waals surface area contributed by atoms with E-state index in [4.69, 9.17) is 4.74 Å². The summed E-state index contributed by atoms with van der Waals surface area (Å²) in [6, 6.07) is 5.21. The molecule has 1 atom stereocenters. The predicted octanol–water partition coefficient (Wildman–Crippen LogP) is 1.75. The standard InChI is InChI=1S/C17H24N2O3/c1-22-16(21)14-9-13(3-4-15(14)20)10-19-8-2-5-17(12-19)6-7-18-11-17/h3-4,9,18,20H,2,5-8,10-12H2,1H3/t17-/m1/s1. The third-order valence-corrected chi connectivity index (χ3v) is 4.95. The predicted molar refractivity (Wildman–Crippen MR) is 83.9 cm³/mol. The van der Waals surface area contributed by atoms with Gasteiger partial charge in [-0.3, -0.25) is 4.90 Å². The second-order valence-electron chi connectivity index (χ2n) is 6.58. The molecule has 5 nitrogen and oxygen atoms in total. The van der Waals surface area contributed by atoms with E-state index in [1.54, 1.807) is 12.1 Å². The lowest BCUT2D eigenvalue weighted by atomic mass is 9.79. The first-order valence-electron chi connectivity index (χ1n) is 7.95. The third-order valence-electron chi connectivity index (χ3n) is 4.95. The van der Waals surface area contributed by atoms with Gasteiger partial charge < -0.3 is 15.2 Å². The Kier molecular flexibility index (Phi) is 4.36. The number of nitrogens with zero attached hydrogens (tertiary/aromatic N) is 1. The first-order valence-corrected chi connectivity index (χ1v) is 7.95. The fraction of sp³-hybridized carbons (Fsp3) is 0.588. The highest BCUT2D eigenvalue weighted by Crippen LogP contribution is 2.36. The number of likely N-dealkylation sites (tertiary alicyclic amines) is 1. The number of piperidine rings is 1. The van der Waals surface area contributed by atoms with Crippen LogP contribution in [0, 0.1) is 5.41 Å². The molecule has 0 amide bonds. The number of rotatable bonds is 3. The van der Waals surface area contributed by atoms with Crippen molar-refractivity contribution in [3.05, 3.63) is 29.3 Å². The Morgan fingerprint density at radius 1 is 1.45 bits per heavy atom. The van der Waals surface area contributed by atoms with Crippen LogP contribution >= 0.6 is 0 Å². The third kappa shape index (κ3) is 3.10. The Labute approximate surface area is 131 Å². The monoisotopic (exact) mass is 304 g/mol. The van der Waals surface area contributed by atoms with Crippen molar-refractivity contribution in [2.75, 3.05) is 33.3 Å². The van der Waals surface area contributed by atoms with Crippen LogP contribution in [0.3, 0.4) is 0 Å². The normalized spacial score (nSPS) is 25.5. The number of ether oxygens (including phenoxy) is 1. The number of carbonyl (C=O) groups excluding carboxylic acids is 1. The number of aromatic hydroxyl groups is 1. The summed E-state index contributed by atoms with van der Waals surface area (Å²) >= 11 is 0. The topological polar surface area (TPSA) is 61.8 Å². The molecule has 0 aliphatic carbocycles. The average molecular weight is 304 g/mol. The number of nitrogens with one attached hydrogen (secondary N) is 1. The molecule has 2 aliphatic rings. The minimum absolute atomic E-state index is 0.0225. The molecule has 0 radical (unpaired) electrons. The molecule has 2 saturated heterocycles. The van der Waals surface area contributed by atoms with Crippen LogP contribution in [0.25, 0.3) is 0 Å². The van der Waals surface area contributed by atoms with Crippen LogP contribution in [0.15, 0.2) is 18.2 Å². The van der Waals surface area contributed by atoms with Crippen molar-refractivity contribution in [3.8, 4) is 5.75 Å². The van der Waals surface area contributed by atoms with Crippen LogP contribution in [0.4, 0.5) is 0 Å². The van der Waals surface area contributed by atoms with Crippen molar-refractivity contribution in [1.29, 1.82) is 0 Å². The number of carbonyl (C=O) groups is 1. The largest absolute Gasteiger partial charge is 0.507 e. The van der Waals surface area contributed by atoms with Gasteiger partial charge in [-0.05, 0) is 55.5 Å². The number of hydrogen-bond acceptors (Lipinski definition) is 5. The molecule has 1 aromatic carbocycles. The fourth-order valence-electron chi connectivity index (χ4n) is 3.80. The molecule has 2 heterocycles. The van der Waals surface area contributed by atoms with Gasteiger partial charge in [0.1, 0.15) is 11.3 Å². The molecule has 0 bridgehead atoms. The van der Waals surface area contributed by atoms with Gasteiger partial charge in [0.2, 0.25) is 0 Å². The molecule has 2 aliphatic heterocycles. The Bertz CT molecular complexity index is 553. The van der Waals surface area contributed by atoms with Gasteiger partial charge in [-0.2, -0.15) is 0 Å². The van der Waals surface area contributed by atoms with Crippen LogP contribution < -0.4 is 5.32 Å². The van der Waals surface area contributed by atoms with Crippen molar-refractivity contribution >= 4 is 5.97 Å². The van der Waals surface area contributed by atoms with Gasteiger partial charge in [-0.15, -0.1) is 0 Å². The molecule has 0 aromatic heterocycles. The van der Waals surface area contributed by atoms with E-state index in [-0.39, 0.29) is 11.3 Å². The van der Waals surface area contributed by atoms with E-state index < -0.39 is 5.97 Å². The molecule has 120 valence electrons. The maximum absolute atomic E-state index is 11.7. The smallest absolute Gasteiger partial charge is 0.341 e. The van der Waals surface area contributed by atoms with E-state index in [9.17, 15) is 9.90 Å². The molecule has 1 aromatic rings. The lowest BCUT2D eigenvalue weighted by Gasteiger charge is -2.40. The highest BCUT2D eigenvalue weighted by atomic mass is 16.5. The highest BCUT2D eigenvalue weighted by molar-refractivity contribution is 5.92. The van der Waals surface area contributed by atoms with E-state index in [0.29, 0.717) is 5.41 Å². The van der Waals surface area contributed by atoms with Gasteiger partial charge in [0.15, 0.2) is 0 Å². The number of methoxy groups -OCH3 is 1. The zero-order valence-corrected chi connectivity index (χ0v) is 13.1. The highest BCUT2D eigenvalue weighted by Gasteiger charge is 2.37. The number of benzene rings is 1. The van der Waals surface area contributed by atoms with Gasteiger partial charge in [-0.25, -0.2) is 4.79 Å². The molecule has 5 heteroatoms. The van der Waals surface area contributed by atoms with Crippen molar-refractivity contribution in [3.63, 3.8) is 0 Å². The summed E-state index contributed by atoms with van der Waals surface area (Å²) in [7, 11) is 1.33. The van der Waals surface area contributed by atoms with Crippen LogP contribution in [-0.2, 0) is 11.3 Å². The molecule has 0 saturated carbocycles. The summed E-state index contributed by atoms with van der Waals surface area (Å²) in [6.45, 7) is 5.25. The second kappa shape index (κ2) is 6.26. The lowest BCUT2D eigenvalue weighted by molar-refractivity contribution is 0.0596. The van der Waals surface area contributed by atoms with Gasteiger partial charge in [-0.1, -0.05) is 6.07 Å². The van der Waals surface area contributed by atoms with Crippen LogP contribution in [0.2, 0.25) is 0 Å². The van der Waals surface area contributed by atoms with Gasteiger partial charge in [0.25, 0.3) is 0 Å². The maximum Gasteiger partial charge on any atom is 0.341 e. The zero-order chi connectivity index (χ0) is 15.6. The summed E-state index contributed by atoms with van der Waals surface area (Å²) in [4.78, 5) is 14.1. The molecule has 0 unspecified atom stereocenters. The van der Waals surface area contributed by atoms with Crippen molar-refractivity contribution in [2.24, 2.45) is 5.41 Å². The van der Waals surface area contributed by atoms with Gasteiger partial charge >= 0.3 is 5.97 Å². The Morgan fingerprint density at radius 2 is 2.32 bits per heavy atom. The summed E-state index contributed by atoms with van der Waals surface area (Å²) in [6.07, 6.45) is 3.79. The first-order chi connectivity index (χ1) is 10.6. The molecule has 1 spiro atoms. The van der Waals surface area contributed by atoms with Crippen LogP contribution in [0.5, 0.6) is 5.75 Å². The minimum atomic E-state index is -0.491. The van der Waals surface area contributed by atoms with Crippen molar-refractivity contribution < 1.29 is 14.6 Å². The number of esters is 1. The molecular weight excluding hydrogens is 280 g/mol. The molecule has 3 rings (SSSR count). The molecule has 22 heavy (non-hydrogen) atoms. The average Bonchev–Trinajstić information content (AvgIpc) is 2.96. The molecule has 2 fully saturated rings. The van der Waals surface area contributed by atoms with Crippen molar-refractivity contribution in [1.82, 2.24) is 10.2 Å². The Hall–Kier alpha value is -1.59. The summed E-state index contributed by atoms with van der Waals surface area (Å²) in [5.74, 6) is -0.514. The number of hydrogen-bond donors (Lipinski definition) is 2. The van der Waals surface area contributed by atoms with Gasteiger partial charge in [0, 0.05) is 19.6 Å². The lowest BCUT2D eigenvalue weighted by Crippen LogP contribution is -2.44. The maximum atomic E-state index is 11.7. The Morgan fingerprint density at radius 3 is 3.05 bits per heavy atom. The van der Waals surface area contributed by atoms with E-state index in [1.807, 2.05) is 6.07 Å². The van der Waals surface area contributed by atoms with E-state index in [2.05, 4.69) is 10.2 Å². The SMILES string of the molecule is COC(=O)c1cc(CN2CCC[C@]3(CCNC3)C2)ccc1O. The summed E-state index contributed by atoms with van der Waals surface area (Å²) in [5.41, 5.74) is 1.72. The molecular formula is C17H24N2O3. The number of phenolic OH excluding ortho intramolecular Hbond substituents is 1. The Balaban J connectivity index is 1.71. The van der Waals surface area contributed by atoms with Crippen LogP contribution in [-0.4, -0.2) is 49.3 Å². The number of phenols is 1. The fourth-order valence-corrected chi connectivity index (χ4v) is 3.80. The summed E-state index contributed by atoms with van der Waals surface area (Å²) in [5, 5.41) is 13.3. The second-order valence-corrected chi connectivity index (χ2v) is 6.58. The van der Waals surface area contributed by atoms with Crippen molar-refractivity contribution in [2.45, 2.75) is 25.8 Å². The first kappa shape index (κ1) is 15.3. The summed E-state index contributed by atoms with van der Waals surface area (Å²) < 4.78 is 4.72. The van der Waals surface area contributed by atoms with E-state index in [1.165, 1.54) is 26.4 Å². The van der Waals surface area contributed by atoms with Crippen LogP contribution in [0.1, 0.15) is 35.2 Å². The minimum Gasteiger partial charge on any atom is -0.507 e. The van der Waals surface area contributed by atoms with E-state index >= 15 is 0 Å². The quantitative estimate of drug-likeness (QED) is 0.833.